The van der Waals surface area contributed by atoms with E-state index >= 15 is 0 Å². The number of benzene rings is 1. The Balaban J connectivity index is 2.19. The van der Waals surface area contributed by atoms with Crippen LogP contribution in [0, 0.1) is 0 Å². The van der Waals surface area contributed by atoms with E-state index in [-0.39, 0.29) is 0 Å². The van der Waals surface area contributed by atoms with Crippen molar-refractivity contribution < 1.29 is 9.15 Å². The summed E-state index contributed by atoms with van der Waals surface area (Å²) < 4.78 is 10.7. The number of rotatable bonds is 4. The number of aromatic nitrogens is 1. The van der Waals surface area contributed by atoms with Crippen LogP contribution in [-0.4, -0.2) is 19.1 Å². The zero-order valence-electron chi connectivity index (χ0n) is 9.36. The van der Waals surface area contributed by atoms with Gasteiger partial charge in [-0.15, -0.1) is 0 Å². The van der Waals surface area contributed by atoms with Crippen molar-refractivity contribution in [2.75, 3.05) is 19.5 Å². The molecule has 1 heterocycles. The molecule has 1 aromatic carbocycles. The summed E-state index contributed by atoms with van der Waals surface area (Å²) >= 11 is 0. The molecule has 16 heavy (non-hydrogen) atoms. The summed E-state index contributed by atoms with van der Waals surface area (Å²) in [5, 5.41) is 2.85. The van der Waals surface area contributed by atoms with Crippen molar-refractivity contribution in [3.05, 3.63) is 41.8 Å². The first-order valence-corrected chi connectivity index (χ1v) is 5.08. The third kappa shape index (κ3) is 2.16. The molecule has 84 valence electrons. The maximum atomic E-state index is 5.46. The number of oxazole rings is 1. The minimum atomic E-state index is 0.532. The fraction of sp³-hybridized carbons (Fsp3) is 0.250. The maximum Gasteiger partial charge on any atom is 0.294 e. The zero-order valence-corrected chi connectivity index (χ0v) is 9.36. The molecule has 0 saturated heterocycles. The van der Waals surface area contributed by atoms with E-state index in [1.807, 2.05) is 24.3 Å². The highest BCUT2D eigenvalue weighted by molar-refractivity contribution is 5.36. The fourth-order valence-electron chi connectivity index (χ4n) is 1.54. The highest BCUT2D eigenvalue weighted by Crippen LogP contribution is 2.21. The van der Waals surface area contributed by atoms with Crippen LogP contribution < -0.4 is 10.1 Å². The average molecular weight is 218 g/mol. The lowest BCUT2D eigenvalue weighted by Gasteiger charge is -2.05. The third-order valence-corrected chi connectivity index (χ3v) is 2.32. The van der Waals surface area contributed by atoms with Gasteiger partial charge in [0.2, 0.25) is 0 Å². The van der Waals surface area contributed by atoms with Gasteiger partial charge in [0.25, 0.3) is 6.01 Å². The average Bonchev–Trinajstić information content (AvgIpc) is 2.77. The monoisotopic (exact) mass is 218 g/mol. The van der Waals surface area contributed by atoms with E-state index in [4.69, 9.17) is 9.15 Å². The van der Waals surface area contributed by atoms with Gasteiger partial charge in [0, 0.05) is 19.0 Å². The Kier molecular flexibility index (Phi) is 3.10. The SMILES string of the molecule is CNc1ncc(Cc2ccccc2OC)o1. The molecule has 0 saturated carbocycles. The molecule has 1 aromatic heterocycles. The van der Waals surface area contributed by atoms with Crippen LogP contribution in [0.4, 0.5) is 6.01 Å². The first-order valence-electron chi connectivity index (χ1n) is 5.08. The van der Waals surface area contributed by atoms with Crippen molar-refractivity contribution in [3.63, 3.8) is 0 Å². The van der Waals surface area contributed by atoms with E-state index < -0.39 is 0 Å². The van der Waals surface area contributed by atoms with Crippen molar-refractivity contribution in [2.45, 2.75) is 6.42 Å². The molecule has 0 amide bonds. The van der Waals surface area contributed by atoms with Gasteiger partial charge < -0.3 is 14.5 Å². The van der Waals surface area contributed by atoms with Gasteiger partial charge in [-0.25, -0.2) is 4.98 Å². The number of methoxy groups -OCH3 is 1. The number of hydrogen-bond acceptors (Lipinski definition) is 4. The van der Waals surface area contributed by atoms with Crippen LogP contribution >= 0.6 is 0 Å². The molecule has 0 aliphatic heterocycles. The van der Waals surface area contributed by atoms with Crippen LogP contribution in [-0.2, 0) is 6.42 Å². The van der Waals surface area contributed by atoms with Crippen LogP contribution in [0.3, 0.4) is 0 Å². The van der Waals surface area contributed by atoms with Gasteiger partial charge in [-0.05, 0) is 6.07 Å². The Morgan fingerprint density at radius 3 is 2.88 bits per heavy atom. The van der Waals surface area contributed by atoms with E-state index in [0.717, 1.165) is 17.1 Å². The second-order valence-corrected chi connectivity index (χ2v) is 3.37. The standard InChI is InChI=1S/C12H14N2O2/c1-13-12-14-8-10(16-12)7-9-5-3-4-6-11(9)15-2/h3-6,8H,7H2,1-2H3,(H,13,14). The highest BCUT2D eigenvalue weighted by Gasteiger charge is 2.07. The van der Waals surface area contributed by atoms with Gasteiger partial charge in [0.15, 0.2) is 0 Å². The van der Waals surface area contributed by atoms with Gasteiger partial charge in [0.1, 0.15) is 11.5 Å². The summed E-state index contributed by atoms with van der Waals surface area (Å²) in [5.74, 6) is 1.68. The summed E-state index contributed by atoms with van der Waals surface area (Å²) in [6.45, 7) is 0. The Hall–Kier alpha value is -1.97. The fourth-order valence-corrected chi connectivity index (χ4v) is 1.54. The first-order chi connectivity index (χ1) is 7.83. The number of para-hydroxylation sites is 1. The van der Waals surface area contributed by atoms with Gasteiger partial charge in [-0.1, -0.05) is 18.2 Å². The van der Waals surface area contributed by atoms with Crippen LogP contribution in [0.2, 0.25) is 0 Å². The maximum absolute atomic E-state index is 5.46. The molecule has 0 atom stereocenters. The molecule has 0 unspecified atom stereocenters. The van der Waals surface area contributed by atoms with Crippen molar-refractivity contribution in [1.82, 2.24) is 4.98 Å². The quantitative estimate of drug-likeness (QED) is 0.855. The number of hydrogen-bond donors (Lipinski definition) is 1. The third-order valence-electron chi connectivity index (χ3n) is 2.32. The minimum absolute atomic E-state index is 0.532. The highest BCUT2D eigenvalue weighted by atomic mass is 16.5. The Morgan fingerprint density at radius 2 is 2.19 bits per heavy atom. The van der Waals surface area contributed by atoms with Crippen molar-refractivity contribution in [3.8, 4) is 5.75 Å². The molecular formula is C12H14N2O2. The van der Waals surface area contributed by atoms with Crippen LogP contribution in [0.15, 0.2) is 34.9 Å². The molecule has 2 rings (SSSR count). The zero-order chi connectivity index (χ0) is 11.4. The lowest BCUT2D eigenvalue weighted by molar-refractivity contribution is 0.409. The normalized spacial score (nSPS) is 10.1. The Morgan fingerprint density at radius 1 is 1.38 bits per heavy atom. The smallest absolute Gasteiger partial charge is 0.294 e. The molecule has 4 nitrogen and oxygen atoms in total. The number of nitrogens with one attached hydrogen (secondary N) is 1. The number of nitrogens with zero attached hydrogens (tertiary/aromatic N) is 1. The lowest BCUT2D eigenvalue weighted by atomic mass is 10.1. The predicted molar refractivity (Wildman–Crippen MR) is 61.8 cm³/mol. The van der Waals surface area contributed by atoms with Crippen LogP contribution in [0.5, 0.6) is 5.75 Å². The molecule has 0 fully saturated rings. The molecular weight excluding hydrogens is 204 g/mol. The second-order valence-electron chi connectivity index (χ2n) is 3.37. The van der Waals surface area contributed by atoms with Crippen LogP contribution in [0.1, 0.15) is 11.3 Å². The molecule has 0 radical (unpaired) electrons. The number of ether oxygens (including phenoxy) is 1. The topological polar surface area (TPSA) is 47.3 Å². The van der Waals surface area contributed by atoms with Gasteiger partial charge >= 0.3 is 0 Å². The van der Waals surface area contributed by atoms with E-state index in [2.05, 4.69) is 10.3 Å². The molecule has 0 spiro atoms. The van der Waals surface area contributed by atoms with E-state index in [1.165, 1.54) is 0 Å². The molecule has 0 aliphatic rings. The lowest BCUT2D eigenvalue weighted by Crippen LogP contribution is -1.92. The Labute approximate surface area is 94.3 Å². The molecule has 2 aromatic rings. The van der Waals surface area contributed by atoms with Gasteiger partial charge in [-0.2, -0.15) is 0 Å². The van der Waals surface area contributed by atoms with E-state index in [9.17, 15) is 0 Å². The summed E-state index contributed by atoms with van der Waals surface area (Å²) in [6.07, 6.45) is 2.40. The summed E-state index contributed by atoms with van der Waals surface area (Å²) in [5.41, 5.74) is 1.09. The van der Waals surface area contributed by atoms with Crippen molar-refractivity contribution in [2.24, 2.45) is 0 Å². The largest absolute Gasteiger partial charge is 0.496 e. The predicted octanol–water partition coefficient (Wildman–Crippen LogP) is 2.32. The molecule has 4 heteroatoms. The van der Waals surface area contributed by atoms with Crippen LogP contribution in [0.25, 0.3) is 0 Å². The van der Waals surface area contributed by atoms with Gasteiger partial charge in [-0.3, -0.25) is 0 Å². The Bertz CT molecular complexity index is 466. The molecule has 0 bridgehead atoms. The van der Waals surface area contributed by atoms with Crippen molar-refractivity contribution in [1.29, 1.82) is 0 Å². The second kappa shape index (κ2) is 4.70. The first kappa shape index (κ1) is 10.5. The van der Waals surface area contributed by atoms with E-state index in [0.29, 0.717) is 12.4 Å². The van der Waals surface area contributed by atoms with Gasteiger partial charge in [0.05, 0.1) is 13.3 Å². The summed E-state index contributed by atoms with van der Waals surface area (Å²) in [7, 11) is 3.44. The number of anilines is 1. The van der Waals surface area contributed by atoms with E-state index in [1.54, 1.807) is 20.4 Å². The minimum Gasteiger partial charge on any atom is -0.496 e. The molecule has 1 N–H and O–H groups in total. The van der Waals surface area contributed by atoms with Crippen molar-refractivity contribution >= 4 is 6.01 Å². The molecule has 0 aliphatic carbocycles. The summed E-state index contributed by atoms with van der Waals surface area (Å²) in [6, 6.07) is 8.41. The summed E-state index contributed by atoms with van der Waals surface area (Å²) in [4.78, 5) is 4.07.